The summed E-state index contributed by atoms with van der Waals surface area (Å²) in [5, 5.41) is 9.74. The number of aromatic hydroxyl groups is 1. The average Bonchev–Trinajstić information content (AvgIpc) is 2.57. The van der Waals surface area contributed by atoms with Crippen LogP contribution in [0, 0.1) is 6.92 Å². The summed E-state index contributed by atoms with van der Waals surface area (Å²) in [4.78, 5) is 11.4. The Balaban J connectivity index is 2.61. The summed E-state index contributed by atoms with van der Waals surface area (Å²) in [6, 6.07) is 1.82. The molecular weight excluding hydrogens is 196 g/mol. The van der Waals surface area contributed by atoms with Gasteiger partial charge in [0.15, 0.2) is 0 Å². The van der Waals surface area contributed by atoms with Gasteiger partial charge in [0.05, 0.1) is 6.61 Å². The highest BCUT2D eigenvalue weighted by molar-refractivity contribution is 5.97. The molecule has 0 atom stereocenters. The van der Waals surface area contributed by atoms with Gasteiger partial charge in [-0.25, -0.2) is 4.79 Å². The van der Waals surface area contributed by atoms with Crippen molar-refractivity contribution in [2.75, 3.05) is 7.11 Å². The van der Waals surface area contributed by atoms with E-state index in [1.54, 1.807) is 14.0 Å². The van der Waals surface area contributed by atoms with Crippen LogP contribution in [0.1, 0.15) is 27.0 Å². The highest BCUT2D eigenvalue weighted by Crippen LogP contribution is 2.34. The Labute approximate surface area is 87.4 Å². The predicted molar refractivity (Wildman–Crippen MR) is 52.7 cm³/mol. The van der Waals surface area contributed by atoms with E-state index in [-0.39, 0.29) is 12.4 Å². The number of hydrogen-bond acceptors (Lipinski definition) is 4. The molecule has 0 aliphatic carbocycles. The van der Waals surface area contributed by atoms with Crippen LogP contribution in [0.25, 0.3) is 0 Å². The minimum Gasteiger partial charge on any atom is -0.507 e. The predicted octanol–water partition coefficient (Wildman–Crippen LogP) is 1.52. The van der Waals surface area contributed by atoms with Gasteiger partial charge in [0.1, 0.15) is 17.9 Å². The molecular formula is C11H12O4. The average molecular weight is 208 g/mol. The highest BCUT2D eigenvalue weighted by atomic mass is 16.5. The first-order valence-corrected chi connectivity index (χ1v) is 4.65. The summed E-state index contributed by atoms with van der Waals surface area (Å²) in [6.07, 6.45) is 0. The van der Waals surface area contributed by atoms with Crippen molar-refractivity contribution < 1.29 is 19.4 Å². The maximum absolute atomic E-state index is 11.4. The third-order valence-electron chi connectivity index (χ3n) is 2.54. The maximum atomic E-state index is 11.4. The molecule has 0 saturated carbocycles. The normalized spacial score (nSPS) is 13.9. The summed E-state index contributed by atoms with van der Waals surface area (Å²) in [5.41, 5.74) is 2.60. The van der Waals surface area contributed by atoms with Crippen LogP contribution in [-0.4, -0.2) is 18.2 Å². The Morgan fingerprint density at radius 1 is 1.60 bits per heavy atom. The van der Waals surface area contributed by atoms with Gasteiger partial charge in [-0.15, -0.1) is 0 Å². The van der Waals surface area contributed by atoms with Gasteiger partial charge >= 0.3 is 5.97 Å². The van der Waals surface area contributed by atoms with Crippen LogP contribution >= 0.6 is 0 Å². The number of carbonyl (C=O) groups is 1. The van der Waals surface area contributed by atoms with E-state index < -0.39 is 5.97 Å². The zero-order chi connectivity index (χ0) is 11.0. The van der Waals surface area contributed by atoms with Crippen molar-refractivity contribution in [2.24, 2.45) is 0 Å². The van der Waals surface area contributed by atoms with Crippen LogP contribution in [0.15, 0.2) is 6.07 Å². The molecule has 1 aliphatic rings. The van der Waals surface area contributed by atoms with Gasteiger partial charge < -0.3 is 14.6 Å². The molecule has 1 aromatic carbocycles. The second-order valence-electron chi connectivity index (χ2n) is 3.56. The standard InChI is InChI=1S/C11H12O4/c1-6-3-7(4-14-2)8-5-15-11(13)9(8)10(6)12/h3,12H,4-5H2,1-2H3. The Kier molecular flexibility index (Phi) is 2.36. The summed E-state index contributed by atoms with van der Waals surface area (Å²) < 4.78 is 9.93. The molecule has 15 heavy (non-hydrogen) atoms. The first-order valence-electron chi connectivity index (χ1n) is 4.65. The van der Waals surface area contributed by atoms with Crippen molar-refractivity contribution in [3.05, 3.63) is 28.3 Å². The Bertz CT molecular complexity index is 423. The first kappa shape index (κ1) is 9.98. The van der Waals surface area contributed by atoms with Crippen LogP contribution in [0.3, 0.4) is 0 Å². The van der Waals surface area contributed by atoms with E-state index in [4.69, 9.17) is 9.47 Å². The fourth-order valence-corrected chi connectivity index (χ4v) is 1.80. The molecule has 0 radical (unpaired) electrons. The van der Waals surface area contributed by atoms with E-state index in [2.05, 4.69) is 0 Å². The molecule has 0 saturated heterocycles. The lowest BCUT2D eigenvalue weighted by atomic mass is 9.99. The molecule has 80 valence electrons. The van der Waals surface area contributed by atoms with Gasteiger partial charge in [-0.1, -0.05) is 0 Å². The van der Waals surface area contributed by atoms with Crippen LogP contribution in [0.5, 0.6) is 5.75 Å². The minimum absolute atomic E-state index is 0.0207. The van der Waals surface area contributed by atoms with Gasteiger partial charge in [0, 0.05) is 12.7 Å². The molecule has 4 heteroatoms. The van der Waals surface area contributed by atoms with Crippen molar-refractivity contribution >= 4 is 5.97 Å². The molecule has 0 aromatic heterocycles. The van der Waals surface area contributed by atoms with E-state index in [0.717, 1.165) is 11.1 Å². The Hall–Kier alpha value is -1.55. The lowest BCUT2D eigenvalue weighted by Gasteiger charge is -2.08. The Morgan fingerprint density at radius 3 is 3.00 bits per heavy atom. The maximum Gasteiger partial charge on any atom is 0.342 e. The van der Waals surface area contributed by atoms with Gasteiger partial charge in [0.25, 0.3) is 0 Å². The monoisotopic (exact) mass is 208 g/mol. The first-order chi connectivity index (χ1) is 7.15. The van der Waals surface area contributed by atoms with Gasteiger partial charge in [-0.2, -0.15) is 0 Å². The summed E-state index contributed by atoms with van der Waals surface area (Å²) >= 11 is 0. The number of esters is 1. The molecule has 2 rings (SSSR count). The zero-order valence-electron chi connectivity index (χ0n) is 8.66. The molecule has 0 amide bonds. The van der Waals surface area contributed by atoms with Crippen molar-refractivity contribution in [1.29, 1.82) is 0 Å². The van der Waals surface area contributed by atoms with Gasteiger partial charge in [-0.05, 0) is 24.1 Å². The molecule has 1 aliphatic heterocycles. The number of fused-ring (bicyclic) bond motifs is 1. The molecule has 1 aromatic rings. The number of ether oxygens (including phenoxy) is 2. The highest BCUT2D eigenvalue weighted by Gasteiger charge is 2.28. The van der Waals surface area contributed by atoms with Crippen LogP contribution in [0.2, 0.25) is 0 Å². The van der Waals surface area contributed by atoms with E-state index in [9.17, 15) is 9.90 Å². The number of benzene rings is 1. The SMILES string of the molecule is COCc1cc(C)c(O)c2c1COC2=O. The van der Waals surface area contributed by atoms with Crippen molar-refractivity contribution in [2.45, 2.75) is 20.1 Å². The van der Waals surface area contributed by atoms with E-state index >= 15 is 0 Å². The van der Waals surface area contributed by atoms with Crippen molar-refractivity contribution in [3.63, 3.8) is 0 Å². The summed E-state index contributed by atoms with van der Waals surface area (Å²) in [7, 11) is 1.59. The second kappa shape index (κ2) is 3.55. The fraction of sp³-hybridized carbons (Fsp3) is 0.364. The molecule has 4 nitrogen and oxygen atoms in total. The summed E-state index contributed by atoms with van der Waals surface area (Å²) in [5.74, 6) is -0.434. The third kappa shape index (κ3) is 1.47. The molecule has 1 N–H and O–H groups in total. The molecule has 0 fully saturated rings. The van der Waals surface area contributed by atoms with Gasteiger partial charge in [0.2, 0.25) is 0 Å². The largest absolute Gasteiger partial charge is 0.507 e. The molecule has 0 unspecified atom stereocenters. The lowest BCUT2D eigenvalue weighted by molar-refractivity contribution is 0.0532. The number of carbonyl (C=O) groups excluding carboxylic acids is 1. The van der Waals surface area contributed by atoms with E-state index in [0.29, 0.717) is 17.7 Å². The third-order valence-corrected chi connectivity index (χ3v) is 2.54. The zero-order valence-corrected chi connectivity index (χ0v) is 8.66. The van der Waals surface area contributed by atoms with E-state index in [1.165, 1.54) is 0 Å². The number of methoxy groups -OCH3 is 1. The van der Waals surface area contributed by atoms with E-state index in [1.807, 2.05) is 6.07 Å². The number of rotatable bonds is 2. The molecule has 1 heterocycles. The quantitative estimate of drug-likeness (QED) is 0.748. The van der Waals surface area contributed by atoms with Crippen LogP contribution in [-0.2, 0) is 22.7 Å². The number of phenols is 1. The van der Waals surface area contributed by atoms with Crippen LogP contribution in [0.4, 0.5) is 0 Å². The van der Waals surface area contributed by atoms with Crippen LogP contribution < -0.4 is 0 Å². The second-order valence-corrected chi connectivity index (χ2v) is 3.56. The number of aryl methyl sites for hydroxylation is 1. The van der Waals surface area contributed by atoms with Crippen molar-refractivity contribution in [1.82, 2.24) is 0 Å². The fourth-order valence-electron chi connectivity index (χ4n) is 1.80. The topological polar surface area (TPSA) is 55.8 Å². The number of hydrogen-bond donors (Lipinski definition) is 1. The Morgan fingerprint density at radius 2 is 2.33 bits per heavy atom. The smallest absolute Gasteiger partial charge is 0.342 e. The summed E-state index contributed by atoms with van der Waals surface area (Å²) in [6.45, 7) is 2.39. The number of cyclic esters (lactones) is 1. The minimum atomic E-state index is -0.455. The van der Waals surface area contributed by atoms with Crippen molar-refractivity contribution in [3.8, 4) is 5.75 Å². The van der Waals surface area contributed by atoms with Gasteiger partial charge in [-0.3, -0.25) is 0 Å². The molecule has 0 bridgehead atoms. The molecule has 0 spiro atoms. The number of phenolic OH excluding ortho intramolecular Hbond substituents is 1. The lowest BCUT2D eigenvalue weighted by Crippen LogP contribution is -2.00.